The topological polar surface area (TPSA) is 72.9 Å². The number of carbonyl (C=O) groups excluding carboxylic acids is 1. The van der Waals surface area contributed by atoms with Crippen LogP contribution in [0.15, 0.2) is 0 Å². The number of carbonyl (C=O) groups is 1. The van der Waals surface area contributed by atoms with E-state index in [0.29, 0.717) is 0 Å². The Labute approximate surface area is 102 Å². The molecule has 0 fully saturated rings. The van der Waals surface area contributed by atoms with E-state index in [2.05, 4.69) is 10.4 Å². The predicted molar refractivity (Wildman–Crippen MR) is 68.7 cm³/mol. The van der Waals surface area contributed by atoms with Crippen molar-refractivity contribution >= 4 is 11.6 Å². The first-order valence-electron chi connectivity index (χ1n) is 5.95. The summed E-state index contributed by atoms with van der Waals surface area (Å²) in [6, 6.07) is -0.473. The summed E-state index contributed by atoms with van der Waals surface area (Å²) in [4.78, 5) is 12.0. The largest absolute Gasteiger partial charge is 0.322 e. The van der Waals surface area contributed by atoms with Gasteiger partial charge in [-0.3, -0.25) is 9.48 Å². The number of anilines is 1. The predicted octanol–water partition coefficient (Wildman–Crippen LogP) is 1.35. The lowest BCUT2D eigenvalue weighted by Crippen LogP contribution is -2.40. The molecule has 96 valence electrons. The average molecular weight is 238 g/mol. The number of amides is 1. The summed E-state index contributed by atoms with van der Waals surface area (Å²) in [5.74, 6) is 0.0332. The second-order valence-corrected chi connectivity index (χ2v) is 4.57. The average Bonchev–Trinajstić information content (AvgIpc) is 2.53. The minimum atomic E-state index is -0.473. The summed E-state index contributed by atoms with van der Waals surface area (Å²) in [6.45, 7) is 7.80. The molecule has 0 aliphatic heterocycles. The second-order valence-electron chi connectivity index (χ2n) is 4.57. The van der Waals surface area contributed by atoms with Gasteiger partial charge in [0.1, 0.15) is 0 Å². The van der Waals surface area contributed by atoms with Crippen LogP contribution >= 0.6 is 0 Å². The van der Waals surface area contributed by atoms with Crippen molar-refractivity contribution in [1.29, 1.82) is 0 Å². The number of rotatable bonds is 4. The molecule has 0 aliphatic carbocycles. The Hall–Kier alpha value is -1.36. The fourth-order valence-corrected chi connectivity index (χ4v) is 1.67. The van der Waals surface area contributed by atoms with E-state index in [1.165, 1.54) is 0 Å². The number of aryl methyl sites for hydroxylation is 2. The molecule has 1 unspecified atom stereocenters. The van der Waals surface area contributed by atoms with Crippen LogP contribution in [0.5, 0.6) is 0 Å². The Morgan fingerprint density at radius 1 is 1.53 bits per heavy atom. The van der Waals surface area contributed by atoms with Gasteiger partial charge in [-0.05, 0) is 19.8 Å². The summed E-state index contributed by atoms with van der Waals surface area (Å²) in [6.07, 6.45) is 0.888. The summed E-state index contributed by atoms with van der Waals surface area (Å²) in [5, 5.41) is 7.12. The molecule has 1 aromatic heterocycles. The Bertz CT molecular complexity index is 411. The van der Waals surface area contributed by atoms with Gasteiger partial charge in [0, 0.05) is 7.05 Å². The van der Waals surface area contributed by atoms with Gasteiger partial charge in [0.05, 0.1) is 23.1 Å². The molecule has 3 N–H and O–H groups in total. The smallest absolute Gasteiger partial charge is 0.241 e. The maximum absolute atomic E-state index is 12.0. The summed E-state index contributed by atoms with van der Waals surface area (Å²) >= 11 is 0. The maximum Gasteiger partial charge on any atom is 0.241 e. The van der Waals surface area contributed by atoms with E-state index in [0.717, 1.165) is 23.5 Å². The van der Waals surface area contributed by atoms with E-state index in [9.17, 15) is 4.79 Å². The number of nitrogens with two attached hydrogens (primary N) is 1. The molecule has 0 radical (unpaired) electrons. The van der Waals surface area contributed by atoms with Gasteiger partial charge in [0.15, 0.2) is 0 Å². The zero-order valence-electron chi connectivity index (χ0n) is 11.2. The van der Waals surface area contributed by atoms with Gasteiger partial charge in [-0.15, -0.1) is 0 Å². The van der Waals surface area contributed by atoms with Crippen LogP contribution in [0.3, 0.4) is 0 Å². The summed E-state index contributed by atoms with van der Waals surface area (Å²) < 4.78 is 1.75. The molecular weight excluding hydrogens is 216 g/mol. The van der Waals surface area contributed by atoms with Crippen molar-refractivity contribution in [1.82, 2.24) is 9.78 Å². The van der Waals surface area contributed by atoms with Gasteiger partial charge in [-0.25, -0.2) is 0 Å². The van der Waals surface area contributed by atoms with Crippen molar-refractivity contribution in [3.05, 3.63) is 11.4 Å². The number of hydrogen-bond acceptors (Lipinski definition) is 3. The van der Waals surface area contributed by atoms with Crippen molar-refractivity contribution < 1.29 is 4.79 Å². The molecule has 1 heterocycles. The lowest BCUT2D eigenvalue weighted by molar-refractivity contribution is -0.118. The fourth-order valence-electron chi connectivity index (χ4n) is 1.67. The SMILES string of the molecule is CCC(C)[C@H](N)C(=O)Nc1c(C)nn(C)c1C. The van der Waals surface area contributed by atoms with Crippen molar-refractivity contribution in [3.63, 3.8) is 0 Å². The van der Waals surface area contributed by atoms with E-state index < -0.39 is 6.04 Å². The van der Waals surface area contributed by atoms with Crippen LogP contribution in [-0.2, 0) is 11.8 Å². The zero-order valence-corrected chi connectivity index (χ0v) is 11.2. The maximum atomic E-state index is 12.0. The highest BCUT2D eigenvalue weighted by molar-refractivity contribution is 5.95. The molecule has 0 aliphatic rings. The molecule has 0 spiro atoms. The molecule has 0 aromatic carbocycles. The highest BCUT2D eigenvalue weighted by Gasteiger charge is 2.21. The highest BCUT2D eigenvalue weighted by Crippen LogP contribution is 2.19. The molecule has 0 bridgehead atoms. The van der Waals surface area contributed by atoms with E-state index in [1.807, 2.05) is 34.7 Å². The third kappa shape index (κ3) is 2.85. The van der Waals surface area contributed by atoms with E-state index in [-0.39, 0.29) is 11.8 Å². The summed E-state index contributed by atoms with van der Waals surface area (Å²) in [5.41, 5.74) is 8.41. The highest BCUT2D eigenvalue weighted by atomic mass is 16.2. The van der Waals surface area contributed by atoms with Crippen LogP contribution in [0.4, 0.5) is 5.69 Å². The minimum absolute atomic E-state index is 0.140. The van der Waals surface area contributed by atoms with Crippen LogP contribution in [0, 0.1) is 19.8 Å². The molecule has 1 amide bonds. The van der Waals surface area contributed by atoms with Crippen LogP contribution in [0.25, 0.3) is 0 Å². The molecule has 17 heavy (non-hydrogen) atoms. The quantitative estimate of drug-likeness (QED) is 0.831. The number of nitrogens with one attached hydrogen (secondary N) is 1. The first-order chi connectivity index (χ1) is 7.88. The van der Waals surface area contributed by atoms with Crippen LogP contribution in [0.1, 0.15) is 31.7 Å². The zero-order chi connectivity index (χ0) is 13.2. The van der Waals surface area contributed by atoms with Gasteiger partial charge < -0.3 is 11.1 Å². The lowest BCUT2D eigenvalue weighted by Gasteiger charge is -2.17. The number of aromatic nitrogens is 2. The Kier molecular flexibility index (Phi) is 4.28. The van der Waals surface area contributed by atoms with E-state index in [4.69, 9.17) is 5.73 Å². The molecule has 5 nitrogen and oxygen atoms in total. The molecule has 5 heteroatoms. The Morgan fingerprint density at radius 2 is 2.12 bits per heavy atom. The molecule has 2 atom stereocenters. The van der Waals surface area contributed by atoms with E-state index in [1.54, 1.807) is 4.68 Å². The van der Waals surface area contributed by atoms with Gasteiger partial charge in [-0.2, -0.15) is 5.10 Å². The Balaban J connectivity index is 2.81. The second kappa shape index (κ2) is 5.31. The van der Waals surface area contributed by atoms with Crippen LogP contribution < -0.4 is 11.1 Å². The van der Waals surface area contributed by atoms with Gasteiger partial charge in [0.2, 0.25) is 5.91 Å². The fraction of sp³-hybridized carbons (Fsp3) is 0.667. The van der Waals surface area contributed by atoms with Crippen molar-refractivity contribution in [2.75, 3.05) is 5.32 Å². The lowest BCUT2D eigenvalue weighted by atomic mass is 9.99. The third-order valence-electron chi connectivity index (χ3n) is 3.32. The van der Waals surface area contributed by atoms with E-state index >= 15 is 0 Å². The number of hydrogen-bond donors (Lipinski definition) is 2. The molecule has 1 rings (SSSR count). The van der Waals surface area contributed by atoms with Crippen LogP contribution in [-0.4, -0.2) is 21.7 Å². The molecular formula is C12H22N4O. The van der Waals surface area contributed by atoms with Crippen molar-refractivity contribution in [3.8, 4) is 0 Å². The van der Waals surface area contributed by atoms with Gasteiger partial charge in [-0.1, -0.05) is 20.3 Å². The number of nitrogens with zero attached hydrogens (tertiary/aromatic N) is 2. The van der Waals surface area contributed by atoms with Crippen molar-refractivity contribution in [2.24, 2.45) is 18.7 Å². The summed E-state index contributed by atoms with van der Waals surface area (Å²) in [7, 11) is 1.85. The normalized spacial score (nSPS) is 14.5. The first-order valence-corrected chi connectivity index (χ1v) is 5.95. The van der Waals surface area contributed by atoms with Gasteiger partial charge in [0.25, 0.3) is 0 Å². The molecule has 0 saturated heterocycles. The Morgan fingerprint density at radius 3 is 2.53 bits per heavy atom. The molecule has 0 saturated carbocycles. The van der Waals surface area contributed by atoms with Gasteiger partial charge >= 0.3 is 0 Å². The third-order valence-corrected chi connectivity index (χ3v) is 3.32. The molecule has 1 aromatic rings. The van der Waals surface area contributed by atoms with Crippen molar-refractivity contribution in [2.45, 2.75) is 40.2 Å². The standard InChI is InChI=1S/C12H22N4O/c1-6-7(2)10(13)12(17)14-11-8(3)15-16(5)9(11)4/h7,10H,6,13H2,1-5H3,(H,14,17)/t7?,10-/m0/s1. The monoisotopic (exact) mass is 238 g/mol. The first kappa shape index (κ1) is 13.7. The van der Waals surface area contributed by atoms with Crippen LogP contribution in [0.2, 0.25) is 0 Å². The minimum Gasteiger partial charge on any atom is -0.322 e.